The molecule has 0 atom stereocenters. The lowest BCUT2D eigenvalue weighted by Gasteiger charge is -2.03. The van der Waals surface area contributed by atoms with Crippen LogP contribution in [0, 0.1) is 5.82 Å². The summed E-state index contributed by atoms with van der Waals surface area (Å²) in [4.78, 5) is 0. The monoisotopic (exact) mass is 639 g/mol. The molecule has 3 N–H and O–H groups in total. The van der Waals surface area contributed by atoms with Crippen molar-refractivity contribution in [1.82, 2.24) is 16.0 Å². The zero-order chi connectivity index (χ0) is 32.2. The van der Waals surface area contributed by atoms with Crippen LogP contribution in [0.2, 0.25) is 0 Å². The van der Waals surface area contributed by atoms with Gasteiger partial charge in [0.1, 0.15) is 51.3 Å². The van der Waals surface area contributed by atoms with Crippen molar-refractivity contribution in [2.24, 2.45) is 0 Å². The van der Waals surface area contributed by atoms with Gasteiger partial charge in [0.25, 0.3) is 0 Å². The highest BCUT2D eigenvalue weighted by Crippen LogP contribution is 2.35. The van der Waals surface area contributed by atoms with Gasteiger partial charge in [-0.25, -0.2) is 4.39 Å². The lowest BCUT2D eigenvalue weighted by molar-refractivity contribution is 0.414. The maximum Gasteiger partial charge on any atom is 0.138 e. The number of ether oxygens (including phenoxy) is 2. The first-order valence-corrected chi connectivity index (χ1v) is 16.6. The predicted octanol–water partition coefficient (Wildman–Crippen LogP) is 7.21. The molecule has 9 heteroatoms. The van der Waals surface area contributed by atoms with E-state index < -0.39 is 0 Å². The highest BCUT2D eigenvalue weighted by molar-refractivity contribution is 5.89. The van der Waals surface area contributed by atoms with Crippen molar-refractivity contribution in [3.8, 4) is 11.5 Å². The van der Waals surface area contributed by atoms with Gasteiger partial charge in [-0.1, -0.05) is 12.1 Å². The second-order valence-electron chi connectivity index (χ2n) is 12.1. The molecule has 0 unspecified atom stereocenters. The van der Waals surface area contributed by atoms with Crippen LogP contribution in [0.15, 0.2) is 67.8 Å². The number of furan rings is 3. The standard InChI is InChI=1S/2C13H15NO2.C12H12FNO/c1-15-11-4-2-5-12-13(11)9-8-14-7-3-6-10(9)16-12;1-15-9-4-5-10-11-8-14-6-2-3-12(11)16-13(10)7-9;13-9-2-1-3-11-12(9)8-4-6-14-7-5-10(8)15-11/h2,4-5,14H,3,6-8H2,1H3;4-5,7,14H,2-3,6,8H2,1H3;1-3,14H,4-7H2. The second-order valence-corrected chi connectivity index (χ2v) is 12.1. The van der Waals surface area contributed by atoms with E-state index in [4.69, 9.17) is 22.7 Å². The molecule has 6 aromatic rings. The van der Waals surface area contributed by atoms with Gasteiger partial charge in [-0.05, 0) is 75.3 Å². The number of hydrogen-bond acceptors (Lipinski definition) is 8. The third-order valence-corrected chi connectivity index (χ3v) is 9.21. The normalized spacial score (nSPS) is 16.0. The molecule has 0 aliphatic carbocycles. The van der Waals surface area contributed by atoms with E-state index in [0.717, 1.165) is 129 Å². The van der Waals surface area contributed by atoms with Crippen LogP contribution in [0.5, 0.6) is 11.5 Å². The third-order valence-electron chi connectivity index (χ3n) is 9.21. The summed E-state index contributed by atoms with van der Waals surface area (Å²) in [6, 6.07) is 17.0. The molecule has 0 bridgehead atoms. The fraction of sp³-hybridized carbons (Fsp3) is 0.368. The minimum atomic E-state index is -0.167. The van der Waals surface area contributed by atoms with E-state index >= 15 is 0 Å². The van der Waals surface area contributed by atoms with E-state index in [1.165, 1.54) is 22.6 Å². The summed E-state index contributed by atoms with van der Waals surface area (Å²) in [6.07, 6.45) is 6.02. The second kappa shape index (κ2) is 14.2. The van der Waals surface area contributed by atoms with Crippen LogP contribution in [-0.4, -0.2) is 40.4 Å². The predicted molar refractivity (Wildman–Crippen MR) is 182 cm³/mol. The summed E-state index contributed by atoms with van der Waals surface area (Å²) in [5.41, 5.74) is 6.19. The lowest BCUT2D eigenvalue weighted by Crippen LogP contribution is -2.16. The van der Waals surface area contributed by atoms with E-state index in [1.807, 2.05) is 36.4 Å². The van der Waals surface area contributed by atoms with Gasteiger partial charge >= 0.3 is 0 Å². The number of fused-ring (bicyclic) bond motifs is 9. The van der Waals surface area contributed by atoms with Crippen LogP contribution in [0.4, 0.5) is 4.39 Å². The van der Waals surface area contributed by atoms with Gasteiger partial charge in [0.2, 0.25) is 0 Å². The van der Waals surface area contributed by atoms with Crippen LogP contribution in [0.1, 0.15) is 46.8 Å². The van der Waals surface area contributed by atoms with Gasteiger partial charge in [-0.15, -0.1) is 0 Å². The zero-order valence-corrected chi connectivity index (χ0v) is 27.1. The topological polar surface area (TPSA) is 94.0 Å². The van der Waals surface area contributed by atoms with Crippen molar-refractivity contribution < 1.29 is 27.1 Å². The molecule has 3 aromatic carbocycles. The fourth-order valence-corrected chi connectivity index (χ4v) is 6.89. The fourth-order valence-electron chi connectivity index (χ4n) is 6.89. The molecule has 0 saturated carbocycles. The van der Waals surface area contributed by atoms with E-state index in [2.05, 4.69) is 22.0 Å². The van der Waals surface area contributed by atoms with Crippen LogP contribution < -0.4 is 25.4 Å². The minimum Gasteiger partial charge on any atom is -0.497 e. The summed E-state index contributed by atoms with van der Waals surface area (Å²) in [6.45, 7) is 5.73. The highest BCUT2D eigenvalue weighted by Gasteiger charge is 2.20. The van der Waals surface area contributed by atoms with Crippen LogP contribution >= 0.6 is 0 Å². The number of benzene rings is 3. The summed E-state index contributed by atoms with van der Waals surface area (Å²) >= 11 is 0. The first-order valence-electron chi connectivity index (χ1n) is 16.6. The first kappa shape index (κ1) is 31.3. The maximum absolute atomic E-state index is 13.7. The minimum absolute atomic E-state index is 0.167. The molecule has 0 amide bonds. The summed E-state index contributed by atoms with van der Waals surface area (Å²) in [5, 5.41) is 13.1. The van der Waals surface area contributed by atoms with Crippen molar-refractivity contribution >= 4 is 32.9 Å². The lowest BCUT2D eigenvalue weighted by atomic mass is 10.1. The maximum atomic E-state index is 13.7. The largest absolute Gasteiger partial charge is 0.497 e. The van der Waals surface area contributed by atoms with E-state index in [9.17, 15) is 4.39 Å². The summed E-state index contributed by atoms with van der Waals surface area (Å²) in [5.74, 6) is 4.79. The van der Waals surface area contributed by atoms with Crippen molar-refractivity contribution in [2.45, 2.75) is 51.6 Å². The van der Waals surface area contributed by atoms with Gasteiger partial charge in [0.05, 0.1) is 25.0 Å². The number of nitrogens with one attached hydrogen (secondary N) is 3. The molecule has 246 valence electrons. The molecule has 3 aliphatic heterocycles. The molecular weight excluding hydrogens is 597 g/mol. The van der Waals surface area contributed by atoms with Gasteiger partial charge in [-0.2, -0.15) is 0 Å². The summed E-state index contributed by atoms with van der Waals surface area (Å²) in [7, 11) is 3.38. The average Bonchev–Trinajstić information content (AvgIpc) is 3.51. The van der Waals surface area contributed by atoms with E-state index in [1.54, 1.807) is 20.3 Å². The Hall–Kier alpha value is -4.31. The smallest absolute Gasteiger partial charge is 0.138 e. The van der Waals surface area contributed by atoms with Crippen LogP contribution in [0.3, 0.4) is 0 Å². The average molecular weight is 640 g/mol. The molecule has 0 spiro atoms. The zero-order valence-electron chi connectivity index (χ0n) is 27.1. The van der Waals surface area contributed by atoms with Crippen molar-refractivity contribution in [3.05, 3.63) is 94.4 Å². The number of halogens is 1. The molecule has 47 heavy (non-hydrogen) atoms. The Bertz CT molecular complexity index is 1990. The van der Waals surface area contributed by atoms with Gasteiger partial charge in [0, 0.05) is 67.0 Å². The molecule has 0 saturated heterocycles. The van der Waals surface area contributed by atoms with Crippen LogP contribution in [-0.2, 0) is 38.8 Å². The van der Waals surface area contributed by atoms with Gasteiger partial charge in [-0.3, -0.25) is 0 Å². The SMILES string of the molecule is COc1ccc2c3c(oc2c1)CCCNC3.COc1cccc2oc3c(c12)CNCCC3.Fc1cccc2oc3c(c12)CCNCC3. The molecular formula is C38H42FN3O5. The number of hydrogen-bond donors (Lipinski definition) is 3. The Morgan fingerprint density at radius 1 is 0.596 bits per heavy atom. The van der Waals surface area contributed by atoms with Crippen LogP contribution in [0.25, 0.3) is 32.9 Å². The van der Waals surface area contributed by atoms with Crippen molar-refractivity contribution in [1.29, 1.82) is 0 Å². The Morgan fingerprint density at radius 2 is 1.26 bits per heavy atom. The molecule has 0 radical (unpaired) electrons. The number of rotatable bonds is 2. The van der Waals surface area contributed by atoms with E-state index in [-0.39, 0.29) is 5.82 Å². The third kappa shape index (κ3) is 6.48. The molecule has 8 nitrogen and oxygen atoms in total. The number of methoxy groups -OCH3 is 2. The molecule has 9 rings (SSSR count). The first-order chi connectivity index (χ1) is 23.1. The quantitative estimate of drug-likeness (QED) is 0.183. The molecule has 0 fully saturated rings. The van der Waals surface area contributed by atoms with E-state index in [0.29, 0.717) is 11.0 Å². The van der Waals surface area contributed by atoms with Gasteiger partial charge < -0.3 is 38.7 Å². The Kier molecular flexibility index (Phi) is 9.46. The summed E-state index contributed by atoms with van der Waals surface area (Å²) < 4.78 is 41.7. The highest BCUT2D eigenvalue weighted by atomic mass is 19.1. The molecule has 3 aromatic heterocycles. The molecule has 3 aliphatic rings. The van der Waals surface area contributed by atoms with Crippen molar-refractivity contribution in [3.63, 3.8) is 0 Å². The Morgan fingerprint density at radius 3 is 2.02 bits per heavy atom. The molecule has 6 heterocycles. The van der Waals surface area contributed by atoms with Crippen molar-refractivity contribution in [2.75, 3.05) is 40.4 Å². The van der Waals surface area contributed by atoms with Gasteiger partial charge in [0.15, 0.2) is 0 Å². The Labute approximate surface area is 273 Å². The Balaban J connectivity index is 0.000000112. The number of aryl methyl sites for hydroxylation is 2.